The SMILES string of the molecule is CCOc1ccccc1/C=C1\Oc2cc(OCc3ccc(OC)cc3)cc(C)c2C1=O. The average molecular weight is 416 g/mol. The Hall–Kier alpha value is -3.73. The van der Waals surface area contributed by atoms with Crippen LogP contribution in [0.1, 0.15) is 34.0 Å². The molecule has 1 aliphatic rings. The van der Waals surface area contributed by atoms with E-state index in [1.807, 2.05) is 68.4 Å². The summed E-state index contributed by atoms with van der Waals surface area (Å²) in [6.07, 6.45) is 1.73. The Morgan fingerprint density at radius 2 is 1.74 bits per heavy atom. The smallest absolute Gasteiger partial charge is 0.232 e. The number of aryl methyl sites for hydroxylation is 1. The minimum atomic E-state index is -0.138. The van der Waals surface area contributed by atoms with E-state index in [4.69, 9.17) is 18.9 Å². The van der Waals surface area contributed by atoms with E-state index in [1.54, 1.807) is 19.3 Å². The number of methoxy groups -OCH3 is 1. The van der Waals surface area contributed by atoms with E-state index in [0.717, 1.165) is 22.4 Å². The maximum absolute atomic E-state index is 13.0. The van der Waals surface area contributed by atoms with Crippen molar-refractivity contribution < 1.29 is 23.7 Å². The molecule has 0 fully saturated rings. The molecule has 0 aliphatic carbocycles. The predicted molar refractivity (Wildman–Crippen MR) is 119 cm³/mol. The number of fused-ring (bicyclic) bond motifs is 1. The van der Waals surface area contributed by atoms with Crippen LogP contribution in [0.15, 0.2) is 66.4 Å². The lowest BCUT2D eigenvalue weighted by atomic mass is 10.0. The number of allylic oxidation sites excluding steroid dienone is 1. The van der Waals surface area contributed by atoms with Crippen LogP contribution in [-0.4, -0.2) is 19.5 Å². The van der Waals surface area contributed by atoms with Gasteiger partial charge >= 0.3 is 0 Å². The standard InChI is InChI=1S/C26H24O5/c1-4-29-22-8-6-5-7-19(22)14-24-26(27)25-17(2)13-21(15-23(25)31-24)30-16-18-9-11-20(28-3)12-10-18/h5-15H,4,16H2,1-3H3/b24-14-. The number of Topliss-reactive ketones (excluding diaryl/α,β-unsaturated/α-hetero) is 1. The second-order valence-corrected chi connectivity index (χ2v) is 7.16. The molecule has 0 bridgehead atoms. The van der Waals surface area contributed by atoms with Gasteiger partial charge < -0.3 is 18.9 Å². The maximum atomic E-state index is 13.0. The van der Waals surface area contributed by atoms with Gasteiger partial charge in [-0.25, -0.2) is 0 Å². The fourth-order valence-electron chi connectivity index (χ4n) is 3.48. The average Bonchev–Trinajstić information content (AvgIpc) is 3.09. The van der Waals surface area contributed by atoms with E-state index in [0.29, 0.717) is 36.0 Å². The topological polar surface area (TPSA) is 54.0 Å². The Bertz CT molecular complexity index is 1130. The molecule has 0 spiro atoms. The summed E-state index contributed by atoms with van der Waals surface area (Å²) in [5.41, 5.74) is 3.20. The highest BCUT2D eigenvalue weighted by Gasteiger charge is 2.30. The summed E-state index contributed by atoms with van der Waals surface area (Å²) < 4.78 is 22.7. The second kappa shape index (κ2) is 8.96. The Labute approximate surface area is 181 Å². The molecule has 0 amide bonds. The lowest BCUT2D eigenvalue weighted by molar-refractivity contribution is 0.101. The Balaban J connectivity index is 1.55. The Morgan fingerprint density at radius 3 is 2.48 bits per heavy atom. The van der Waals surface area contributed by atoms with Gasteiger partial charge in [-0.1, -0.05) is 30.3 Å². The van der Waals surface area contributed by atoms with Crippen molar-refractivity contribution in [2.75, 3.05) is 13.7 Å². The molecule has 31 heavy (non-hydrogen) atoms. The van der Waals surface area contributed by atoms with Gasteiger partial charge in [-0.15, -0.1) is 0 Å². The van der Waals surface area contributed by atoms with Crippen molar-refractivity contribution in [2.24, 2.45) is 0 Å². The predicted octanol–water partition coefficient (Wildman–Crippen LogP) is 5.60. The fourth-order valence-corrected chi connectivity index (χ4v) is 3.48. The number of hydrogen-bond donors (Lipinski definition) is 0. The summed E-state index contributed by atoms with van der Waals surface area (Å²) >= 11 is 0. The van der Waals surface area contributed by atoms with Crippen LogP contribution in [0.4, 0.5) is 0 Å². The zero-order valence-corrected chi connectivity index (χ0v) is 17.8. The monoisotopic (exact) mass is 416 g/mol. The van der Waals surface area contributed by atoms with E-state index in [1.165, 1.54) is 0 Å². The van der Waals surface area contributed by atoms with Crippen molar-refractivity contribution in [3.63, 3.8) is 0 Å². The van der Waals surface area contributed by atoms with Crippen LogP contribution in [0.5, 0.6) is 23.0 Å². The molecule has 5 nitrogen and oxygen atoms in total. The highest BCUT2D eigenvalue weighted by Crippen LogP contribution is 2.38. The third-order valence-corrected chi connectivity index (χ3v) is 5.01. The van der Waals surface area contributed by atoms with Gasteiger partial charge in [-0.2, -0.15) is 0 Å². The number of ketones is 1. The number of ether oxygens (including phenoxy) is 4. The summed E-state index contributed by atoms with van der Waals surface area (Å²) in [6, 6.07) is 18.9. The van der Waals surface area contributed by atoms with Crippen molar-refractivity contribution >= 4 is 11.9 Å². The van der Waals surface area contributed by atoms with E-state index in [-0.39, 0.29) is 11.5 Å². The molecule has 0 saturated heterocycles. The summed E-state index contributed by atoms with van der Waals surface area (Å²) in [4.78, 5) is 13.0. The normalized spacial score (nSPS) is 13.6. The third-order valence-electron chi connectivity index (χ3n) is 5.01. The molecule has 1 heterocycles. The van der Waals surface area contributed by atoms with Crippen LogP contribution in [0.25, 0.3) is 6.08 Å². The van der Waals surface area contributed by atoms with Crippen molar-refractivity contribution in [2.45, 2.75) is 20.5 Å². The van der Waals surface area contributed by atoms with E-state index >= 15 is 0 Å². The summed E-state index contributed by atoms with van der Waals surface area (Å²) in [6.45, 7) is 4.76. The summed E-state index contributed by atoms with van der Waals surface area (Å²) in [7, 11) is 1.64. The molecule has 3 aromatic carbocycles. The first-order valence-electron chi connectivity index (χ1n) is 10.2. The molecule has 0 atom stereocenters. The molecular weight excluding hydrogens is 392 g/mol. The number of carbonyl (C=O) groups excluding carboxylic acids is 1. The van der Waals surface area contributed by atoms with Crippen molar-refractivity contribution in [3.8, 4) is 23.0 Å². The number of hydrogen-bond acceptors (Lipinski definition) is 5. The number of para-hydroxylation sites is 1. The van der Waals surface area contributed by atoms with E-state index < -0.39 is 0 Å². The number of benzene rings is 3. The molecule has 0 saturated carbocycles. The van der Waals surface area contributed by atoms with Gasteiger partial charge in [0.25, 0.3) is 0 Å². The van der Waals surface area contributed by atoms with Gasteiger partial charge in [-0.05, 0) is 55.3 Å². The first-order valence-corrected chi connectivity index (χ1v) is 10.2. The quantitative estimate of drug-likeness (QED) is 0.470. The van der Waals surface area contributed by atoms with Crippen LogP contribution in [0.3, 0.4) is 0 Å². The third kappa shape index (κ3) is 4.40. The molecule has 0 N–H and O–H groups in total. The zero-order valence-electron chi connectivity index (χ0n) is 17.8. The van der Waals surface area contributed by atoms with Crippen LogP contribution in [0.2, 0.25) is 0 Å². The second-order valence-electron chi connectivity index (χ2n) is 7.16. The molecule has 0 aromatic heterocycles. The van der Waals surface area contributed by atoms with Crippen LogP contribution in [-0.2, 0) is 6.61 Å². The Morgan fingerprint density at radius 1 is 0.968 bits per heavy atom. The first kappa shape index (κ1) is 20.5. The molecular formula is C26H24O5. The Kier molecular flexibility index (Phi) is 5.94. The van der Waals surface area contributed by atoms with Crippen LogP contribution >= 0.6 is 0 Å². The van der Waals surface area contributed by atoms with Crippen molar-refractivity contribution in [1.82, 2.24) is 0 Å². The van der Waals surface area contributed by atoms with E-state index in [2.05, 4.69) is 0 Å². The number of rotatable bonds is 7. The van der Waals surface area contributed by atoms with Gasteiger partial charge in [0.2, 0.25) is 5.78 Å². The molecule has 3 aromatic rings. The highest BCUT2D eigenvalue weighted by molar-refractivity contribution is 6.15. The van der Waals surface area contributed by atoms with Gasteiger partial charge in [0.1, 0.15) is 29.6 Å². The number of carbonyl (C=O) groups is 1. The molecule has 158 valence electrons. The lowest BCUT2D eigenvalue weighted by Gasteiger charge is -2.10. The zero-order chi connectivity index (χ0) is 21.8. The molecule has 1 aliphatic heterocycles. The van der Waals surface area contributed by atoms with Gasteiger partial charge in [-0.3, -0.25) is 4.79 Å². The summed E-state index contributed by atoms with van der Waals surface area (Å²) in [5, 5.41) is 0. The fraction of sp³-hybridized carbons (Fsp3) is 0.192. The van der Waals surface area contributed by atoms with Crippen molar-refractivity contribution in [1.29, 1.82) is 0 Å². The van der Waals surface area contributed by atoms with Crippen LogP contribution in [0, 0.1) is 6.92 Å². The molecule has 0 unspecified atom stereocenters. The maximum Gasteiger partial charge on any atom is 0.232 e. The first-order chi connectivity index (χ1) is 15.1. The van der Waals surface area contributed by atoms with Gasteiger partial charge in [0.05, 0.1) is 19.3 Å². The largest absolute Gasteiger partial charge is 0.497 e. The van der Waals surface area contributed by atoms with E-state index in [9.17, 15) is 4.79 Å². The molecule has 4 rings (SSSR count). The minimum absolute atomic E-state index is 0.138. The molecule has 0 radical (unpaired) electrons. The van der Waals surface area contributed by atoms with Crippen LogP contribution < -0.4 is 18.9 Å². The van der Waals surface area contributed by atoms with Gasteiger partial charge in [0.15, 0.2) is 5.76 Å². The minimum Gasteiger partial charge on any atom is -0.497 e. The van der Waals surface area contributed by atoms with Gasteiger partial charge in [0, 0.05) is 11.6 Å². The molecule has 5 heteroatoms. The highest BCUT2D eigenvalue weighted by atomic mass is 16.5. The lowest BCUT2D eigenvalue weighted by Crippen LogP contribution is -2.01. The van der Waals surface area contributed by atoms with Crippen molar-refractivity contribution in [3.05, 3.63) is 88.7 Å². The summed E-state index contributed by atoms with van der Waals surface area (Å²) in [5.74, 6) is 2.81.